The molecule has 2 aromatic rings. The van der Waals surface area contributed by atoms with E-state index in [2.05, 4.69) is 4.98 Å². The van der Waals surface area contributed by atoms with Gasteiger partial charge in [0.15, 0.2) is 0 Å². The molecule has 1 heterocycles. The second-order valence-electron chi connectivity index (χ2n) is 3.39. The molecule has 0 amide bonds. The third-order valence-corrected chi connectivity index (χ3v) is 2.27. The van der Waals surface area contributed by atoms with E-state index in [-0.39, 0.29) is 11.7 Å². The number of nitrogens with zero attached hydrogens (tertiary/aromatic N) is 2. The molecule has 4 heteroatoms. The van der Waals surface area contributed by atoms with Crippen LogP contribution in [0.5, 0.6) is 5.88 Å². The van der Waals surface area contributed by atoms with Crippen LogP contribution in [0, 0.1) is 5.82 Å². The molecule has 0 aliphatic rings. The average molecular weight is 206 g/mol. The van der Waals surface area contributed by atoms with Crippen molar-refractivity contribution >= 4 is 0 Å². The van der Waals surface area contributed by atoms with Crippen LogP contribution in [-0.4, -0.2) is 14.7 Å². The SMILES string of the molecule is Cn1cc(O)nc1Cc1ccccc1F. The van der Waals surface area contributed by atoms with E-state index in [0.717, 1.165) is 0 Å². The highest BCUT2D eigenvalue weighted by Crippen LogP contribution is 2.14. The molecule has 0 bridgehead atoms. The summed E-state index contributed by atoms with van der Waals surface area (Å²) in [6, 6.07) is 6.55. The van der Waals surface area contributed by atoms with Crippen molar-refractivity contribution in [3.05, 3.63) is 47.7 Å². The number of aromatic nitrogens is 2. The van der Waals surface area contributed by atoms with Crippen LogP contribution >= 0.6 is 0 Å². The van der Waals surface area contributed by atoms with Crippen molar-refractivity contribution in [2.45, 2.75) is 6.42 Å². The number of hydrogen-bond acceptors (Lipinski definition) is 2. The lowest BCUT2D eigenvalue weighted by Crippen LogP contribution is -2.00. The van der Waals surface area contributed by atoms with Crippen LogP contribution in [-0.2, 0) is 13.5 Å². The van der Waals surface area contributed by atoms with Gasteiger partial charge in [0.2, 0.25) is 5.88 Å². The highest BCUT2D eigenvalue weighted by atomic mass is 19.1. The Morgan fingerprint density at radius 2 is 2.13 bits per heavy atom. The minimum Gasteiger partial charge on any atom is -0.492 e. The zero-order valence-corrected chi connectivity index (χ0v) is 8.31. The summed E-state index contributed by atoms with van der Waals surface area (Å²) in [7, 11) is 1.77. The maximum absolute atomic E-state index is 13.3. The third kappa shape index (κ3) is 1.98. The number of imidazole rings is 1. The first kappa shape index (κ1) is 9.71. The van der Waals surface area contributed by atoms with Crippen LogP contribution in [0.3, 0.4) is 0 Å². The quantitative estimate of drug-likeness (QED) is 0.814. The molecule has 1 aromatic heterocycles. The predicted octanol–water partition coefficient (Wildman–Crippen LogP) is 1.86. The molecular formula is C11H11FN2O. The van der Waals surface area contributed by atoms with E-state index in [1.165, 1.54) is 12.3 Å². The lowest BCUT2D eigenvalue weighted by atomic mass is 10.1. The summed E-state index contributed by atoms with van der Waals surface area (Å²) in [5.41, 5.74) is 0.575. The van der Waals surface area contributed by atoms with E-state index in [1.807, 2.05) is 0 Å². The Balaban J connectivity index is 2.29. The van der Waals surface area contributed by atoms with Gasteiger partial charge < -0.3 is 9.67 Å². The van der Waals surface area contributed by atoms with Gasteiger partial charge in [0.25, 0.3) is 0 Å². The van der Waals surface area contributed by atoms with Gasteiger partial charge in [-0.25, -0.2) is 4.39 Å². The monoisotopic (exact) mass is 206 g/mol. The molecule has 15 heavy (non-hydrogen) atoms. The number of aryl methyl sites for hydroxylation is 1. The Bertz CT molecular complexity index is 479. The zero-order valence-electron chi connectivity index (χ0n) is 8.31. The molecular weight excluding hydrogens is 195 g/mol. The Morgan fingerprint density at radius 1 is 1.40 bits per heavy atom. The molecule has 2 rings (SSSR count). The van der Waals surface area contributed by atoms with E-state index in [4.69, 9.17) is 5.11 Å². The normalized spacial score (nSPS) is 10.5. The zero-order chi connectivity index (χ0) is 10.8. The van der Waals surface area contributed by atoms with Crippen molar-refractivity contribution in [1.82, 2.24) is 9.55 Å². The van der Waals surface area contributed by atoms with E-state index in [1.54, 1.807) is 29.8 Å². The molecule has 0 aliphatic carbocycles. The first-order valence-electron chi connectivity index (χ1n) is 4.61. The van der Waals surface area contributed by atoms with Gasteiger partial charge in [-0.2, -0.15) is 4.98 Å². The molecule has 0 saturated heterocycles. The maximum Gasteiger partial charge on any atom is 0.229 e. The van der Waals surface area contributed by atoms with Gasteiger partial charge in [0.05, 0.1) is 6.20 Å². The Morgan fingerprint density at radius 3 is 2.73 bits per heavy atom. The molecule has 0 aliphatic heterocycles. The lowest BCUT2D eigenvalue weighted by Gasteiger charge is -2.02. The molecule has 0 unspecified atom stereocenters. The molecule has 0 atom stereocenters. The maximum atomic E-state index is 13.3. The minimum absolute atomic E-state index is 0.0381. The van der Waals surface area contributed by atoms with Crippen molar-refractivity contribution in [2.75, 3.05) is 0 Å². The number of hydrogen-bond donors (Lipinski definition) is 1. The van der Waals surface area contributed by atoms with Gasteiger partial charge >= 0.3 is 0 Å². The second kappa shape index (κ2) is 3.73. The summed E-state index contributed by atoms with van der Waals surface area (Å²) in [5.74, 6) is 0.349. The molecule has 0 saturated carbocycles. The van der Waals surface area contributed by atoms with Crippen molar-refractivity contribution in [1.29, 1.82) is 0 Å². The van der Waals surface area contributed by atoms with Gasteiger partial charge in [-0.05, 0) is 11.6 Å². The fourth-order valence-corrected chi connectivity index (χ4v) is 1.46. The predicted molar refractivity (Wildman–Crippen MR) is 54.1 cm³/mol. The topological polar surface area (TPSA) is 38.0 Å². The molecule has 0 radical (unpaired) electrons. The second-order valence-corrected chi connectivity index (χ2v) is 3.39. The van der Waals surface area contributed by atoms with Crippen molar-refractivity contribution in [3.63, 3.8) is 0 Å². The minimum atomic E-state index is -0.250. The van der Waals surface area contributed by atoms with Crippen LogP contribution in [0.15, 0.2) is 30.5 Å². The summed E-state index contributed by atoms with van der Waals surface area (Å²) >= 11 is 0. The van der Waals surface area contributed by atoms with Gasteiger partial charge in [-0.3, -0.25) is 0 Å². The molecule has 1 N–H and O–H groups in total. The fourth-order valence-electron chi connectivity index (χ4n) is 1.46. The molecule has 78 valence electrons. The van der Waals surface area contributed by atoms with Crippen molar-refractivity contribution in [2.24, 2.45) is 7.05 Å². The fraction of sp³-hybridized carbons (Fsp3) is 0.182. The summed E-state index contributed by atoms with van der Waals surface area (Å²) < 4.78 is 15.0. The third-order valence-electron chi connectivity index (χ3n) is 2.27. The van der Waals surface area contributed by atoms with E-state index < -0.39 is 0 Å². The number of aromatic hydroxyl groups is 1. The van der Waals surface area contributed by atoms with E-state index >= 15 is 0 Å². The standard InChI is InChI=1S/C11H11FN2O/c1-14-7-11(15)13-10(14)6-8-4-2-3-5-9(8)12/h2-5,7,15H,6H2,1H3. The average Bonchev–Trinajstić information content (AvgIpc) is 2.49. The van der Waals surface area contributed by atoms with Gasteiger partial charge in [0.1, 0.15) is 11.6 Å². The van der Waals surface area contributed by atoms with Crippen molar-refractivity contribution < 1.29 is 9.50 Å². The first-order valence-corrected chi connectivity index (χ1v) is 4.61. The number of benzene rings is 1. The Labute approximate surface area is 86.8 Å². The summed E-state index contributed by atoms with van der Waals surface area (Å²) in [6.07, 6.45) is 1.87. The first-order chi connectivity index (χ1) is 7.16. The number of rotatable bonds is 2. The van der Waals surface area contributed by atoms with Crippen molar-refractivity contribution in [3.8, 4) is 5.88 Å². The van der Waals surface area contributed by atoms with Crippen LogP contribution in [0.4, 0.5) is 4.39 Å². The molecule has 1 aromatic carbocycles. The van der Waals surface area contributed by atoms with Crippen LogP contribution < -0.4 is 0 Å². The Hall–Kier alpha value is -1.84. The highest BCUT2D eigenvalue weighted by Gasteiger charge is 2.07. The summed E-state index contributed by atoms with van der Waals surface area (Å²) in [5, 5.41) is 9.16. The summed E-state index contributed by atoms with van der Waals surface area (Å²) in [4.78, 5) is 3.90. The largest absolute Gasteiger partial charge is 0.492 e. The van der Waals surface area contributed by atoms with E-state index in [9.17, 15) is 4.39 Å². The lowest BCUT2D eigenvalue weighted by molar-refractivity contribution is 0.455. The van der Waals surface area contributed by atoms with Gasteiger partial charge in [-0.15, -0.1) is 0 Å². The van der Waals surface area contributed by atoms with Crippen LogP contribution in [0.2, 0.25) is 0 Å². The smallest absolute Gasteiger partial charge is 0.229 e. The molecule has 3 nitrogen and oxygen atoms in total. The Kier molecular flexibility index (Phi) is 2.41. The molecule has 0 spiro atoms. The number of halogens is 1. The molecule has 0 fully saturated rings. The van der Waals surface area contributed by atoms with Crippen LogP contribution in [0.25, 0.3) is 0 Å². The van der Waals surface area contributed by atoms with Gasteiger partial charge in [0, 0.05) is 13.5 Å². The summed E-state index contributed by atoms with van der Waals surface area (Å²) in [6.45, 7) is 0. The van der Waals surface area contributed by atoms with Gasteiger partial charge in [-0.1, -0.05) is 18.2 Å². The van der Waals surface area contributed by atoms with Crippen LogP contribution in [0.1, 0.15) is 11.4 Å². The van der Waals surface area contributed by atoms with E-state index in [0.29, 0.717) is 17.8 Å². The highest BCUT2D eigenvalue weighted by molar-refractivity contribution is 5.22.